The van der Waals surface area contributed by atoms with Crippen LogP contribution in [-0.4, -0.2) is 0 Å². The van der Waals surface area contributed by atoms with Gasteiger partial charge in [-0.25, -0.2) is 26.3 Å². The van der Waals surface area contributed by atoms with Gasteiger partial charge in [-0.1, -0.05) is 0 Å². The van der Waals surface area contributed by atoms with Gasteiger partial charge in [0.1, 0.15) is 0 Å². The van der Waals surface area contributed by atoms with E-state index in [0.717, 1.165) is 0 Å². The van der Waals surface area contributed by atoms with Crippen LogP contribution in [0.15, 0.2) is 25.0 Å². The molecule has 0 aliphatic rings. The highest BCUT2D eigenvalue weighted by molar-refractivity contribution is 5.32. The van der Waals surface area contributed by atoms with Crippen LogP contribution in [0.1, 0.15) is 0 Å². The van der Waals surface area contributed by atoms with Crippen LogP contribution in [0.3, 0.4) is 0 Å². The Morgan fingerprint density at radius 3 is 0.862 bits per heavy atom. The molecule has 0 atom stereocenters. The van der Waals surface area contributed by atoms with Crippen molar-refractivity contribution in [3.8, 4) is 11.5 Å². The van der Waals surface area contributed by atoms with E-state index in [9.17, 15) is 43.9 Å². The van der Waals surface area contributed by atoms with E-state index < -0.39 is 81.6 Å². The molecule has 3 nitrogen and oxygen atoms in total. The zero-order chi connectivity index (χ0) is 22.2. The van der Waals surface area contributed by atoms with Crippen molar-refractivity contribution in [1.82, 2.24) is 0 Å². The first kappa shape index (κ1) is 21.9. The normalized spacial score (nSPS) is 10.7. The Bertz CT molecular complexity index is 895. The van der Waals surface area contributed by atoms with Gasteiger partial charge in [-0.2, -0.15) is 17.6 Å². The fourth-order valence-corrected chi connectivity index (χ4v) is 1.75. The lowest BCUT2D eigenvalue weighted by molar-refractivity contribution is 0.0814. The van der Waals surface area contributed by atoms with Gasteiger partial charge in [-0.15, -0.1) is 0 Å². The average molecular weight is 434 g/mol. The topological polar surface area (TPSA) is 27.7 Å². The minimum atomic E-state index is -2.49. The van der Waals surface area contributed by atoms with Crippen LogP contribution in [0.4, 0.5) is 43.9 Å². The minimum Gasteiger partial charge on any atom is -0.420 e. The Morgan fingerprint density at radius 1 is 0.414 bits per heavy atom. The molecule has 0 amide bonds. The van der Waals surface area contributed by atoms with E-state index in [1.165, 1.54) is 0 Å². The van der Waals surface area contributed by atoms with E-state index in [4.69, 9.17) is 0 Å². The molecule has 0 saturated carbocycles. The molecule has 0 fully saturated rings. The van der Waals surface area contributed by atoms with Gasteiger partial charge in [-0.3, -0.25) is 0 Å². The van der Waals surface area contributed by atoms with Crippen molar-refractivity contribution < 1.29 is 58.1 Å². The largest absolute Gasteiger partial charge is 0.420 e. The molecular weight excluding hydrogens is 430 g/mol. The number of benzene rings is 2. The molecule has 156 valence electrons. The molecule has 0 bridgehead atoms. The van der Waals surface area contributed by atoms with Crippen molar-refractivity contribution in [2.75, 3.05) is 0 Å². The average Bonchev–Trinajstić information content (AvgIpc) is 2.68. The van der Waals surface area contributed by atoms with E-state index in [1.54, 1.807) is 0 Å². The number of rotatable bonds is 6. The van der Waals surface area contributed by atoms with Crippen molar-refractivity contribution in [1.29, 1.82) is 0 Å². The number of hydrogen-bond acceptors (Lipinski definition) is 3. The van der Waals surface area contributed by atoms with Gasteiger partial charge in [0.15, 0.2) is 0 Å². The zero-order valence-electron chi connectivity index (χ0n) is 13.4. The SMILES string of the molecule is C=C(OC(=C)Oc1c(F)c(F)c(F)c(F)c1F)Oc1c(F)c(F)c(F)c(F)c1F. The summed E-state index contributed by atoms with van der Waals surface area (Å²) in [6, 6.07) is 0. The summed E-state index contributed by atoms with van der Waals surface area (Å²) in [5.74, 6) is -30.5. The summed E-state index contributed by atoms with van der Waals surface area (Å²) in [6.45, 7) is 5.67. The maximum atomic E-state index is 13.5. The maximum Gasteiger partial charge on any atom is 0.285 e. The summed E-state index contributed by atoms with van der Waals surface area (Å²) in [4.78, 5) is 0. The molecule has 13 heteroatoms. The maximum absolute atomic E-state index is 13.5. The zero-order valence-corrected chi connectivity index (χ0v) is 13.4. The molecule has 0 unspecified atom stereocenters. The summed E-state index contributed by atoms with van der Waals surface area (Å²) in [5.41, 5.74) is 0. The van der Waals surface area contributed by atoms with Crippen molar-refractivity contribution >= 4 is 0 Å². The van der Waals surface area contributed by atoms with Crippen LogP contribution in [0.2, 0.25) is 0 Å². The predicted molar refractivity (Wildman–Crippen MR) is 73.1 cm³/mol. The number of halogens is 10. The molecule has 0 N–H and O–H groups in total. The summed E-state index contributed by atoms with van der Waals surface area (Å²) >= 11 is 0. The molecule has 0 spiro atoms. The summed E-state index contributed by atoms with van der Waals surface area (Å²) in [6.07, 6.45) is 0. The Labute approximate surface area is 154 Å². The lowest BCUT2D eigenvalue weighted by Gasteiger charge is -2.15. The third-order valence-corrected chi connectivity index (χ3v) is 3.00. The molecule has 0 aromatic heterocycles. The first-order valence-electron chi connectivity index (χ1n) is 6.82. The van der Waals surface area contributed by atoms with Crippen LogP contribution in [0.25, 0.3) is 0 Å². The lowest BCUT2D eigenvalue weighted by Crippen LogP contribution is -2.11. The molecule has 2 aromatic carbocycles. The second-order valence-electron chi connectivity index (χ2n) is 4.85. The van der Waals surface area contributed by atoms with Gasteiger partial charge in [0.05, 0.1) is 0 Å². The lowest BCUT2D eigenvalue weighted by atomic mass is 10.2. The van der Waals surface area contributed by atoms with Crippen LogP contribution < -0.4 is 9.47 Å². The van der Waals surface area contributed by atoms with Crippen molar-refractivity contribution in [2.45, 2.75) is 0 Å². The Hall–Kier alpha value is -3.38. The Morgan fingerprint density at radius 2 is 0.621 bits per heavy atom. The highest BCUT2D eigenvalue weighted by atomic mass is 19.2. The van der Waals surface area contributed by atoms with E-state index in [0.29, 0.717) is 0 Å². The van der Waals surface area contributed by atoms with Crippen molar-refractivity contribution in [3.63, 3.8) is 0 Å². The van der Waals surface area contributed by atoms with Crippen molar-refractivity contribution in [2.24, 2.45) is 0 Å². The smallest absolute Gasteiger partial charge is 0.285 e. The molecule has 2 rings (SSSR count). The molecule has 0 radical (unpaired) electrons. The van der Waals surface area contributed by atoms with Gasteiger partial charge >= 0.3 is 0 Å². The monoisotopic (exact) mass is 434 g/mol. The van der Waals surface area contributed by atoms with Gasteiger partial charge in [-0.05, 0) is 13.2 Å². The summed E-state index contributed by atoms with van der Waals surface area (Å²) in [5, 5.41) is 0. The van der Waals surface area contributed by atoms with E-state index in [-0.39, 0.29) is 0 Å². The minimum absolute atomic E-state index is 1.30. The van der Waals surface area contributed by atoms with E-state index >= 15 is 0 Å². The van der Waals surface area contributed by atoms with Crippen LogP contribution in [0.5, 0.6) is 11.5 Å². The van der Waals surface area contributed by atoms with Crippen LogP contribution >= 0.6 is 0 Å². The predicted octanol–water partition coefficient (Wildman–Crippen LogP) is 5.49. The first-order valence-corrected chi connectivity index (χ1v) is 6.82. The molecule has 0 aliphatic carbocycles. The number of hydrogen-bond donors (Lipinski definition) is 0. The van der Waals surface area contributed by atoms with Gasteiger partial charge in [0.2, 0.25) is 69.7 Å². The summed E-state index contributed by atoms with van der Waals surface area (Å²) < 4.78 is 145. The third kappa shape index (κ3) is 3.93. The highest BCUT2D eigenvalue weighted by Gasteiger charge is 2.30. The Kier molecular flexibility index (Phi) is 5.99. The van der Waals surface area contributed by atoms with Gasteiger partial charge in [0, 0.05) is 0 Å². The fraction of sp³-hybridized carbons (Fsp3) is 0. The third-order valence-electron chi connectivity index (χ3n) is 3.00. The summed E-state index contributed by atoms with van der Waals surface area (Å²) in [7, 11) is 0. The quantitative estimate of drug-likeness (QED) is 0.260. The second kappa shape index (κ2) is 7.93. The Balaban J connectivity index is 2.21. The van der Waals surface area contributed by atoms with Crippen LogP contribution in [0, 0.1) is 58.2 Å². The molecule has 2 aromatic rings. The standard InChI is InChI=1S/C16H4F10O3/c1-3(28-15-11(23)7(19)5(17)8(20)12(15)24)27-4(2)29-16-13(25)9(21)6(18)10(22)14(16)26/h1-2H2. The highest BCUT2D eigenvalue weighted by Crippen LogP contribution is 2.32. The first-order chi connectivity index (χ1) is 13.4. The van der Waals surface area contributed by atoms with E-state index in [1.807, 2.05) is 0 Å². The van der Waals surface area contributed by atoms with Crippen LogP contribution in [-0.2, 0) is 4.74 Å². The van der Waals surface area contributed by atoms with Crippen molar-refractivity contribution in [3.05, 3.63) is 83.2 Å². The molecule has 0 aliphatic heterocycles. The molecular formula is C16H4F10O3. The molecule has 29 heavy (non-hydrogen) atoms. The number of ether oxygens (including phenoxy) is 3. The van der Waals surface area contributed by atoms with Gasteiger partial charge < -0.3 is 14.2 Å². The van der Waals surface area contributed by atoms with Gasteiger partial charge in [0.25, 0.3) is 11.9 Å². The van der Waals surface area contributed by atoms with E-state index in [2.05, 4.69) is 27.4 Å². The molecule has 0 saturated heterocycles. The second-order valence-corrected chi connectivity index (χ2v) is 4.85. The fourth-order valence-electron chi connectivity index (χ4n) is 1.75. The molecule has 0 heterocycles.